The molecule has 8 nitrogen and oxygen atoms in total. The molecule has 2 aliphatic rings. The Morgan fingerprint density at radius 1 is 1.29 bits per heavy atom. The molecule has 0 saturated carbocycles. The molecule has 2 aromatic rings. The van der Waals surface area contributed by atoms with Gasteiger partial charge in [-0.3, -0.25) is 14.5 Å². The first-order valence-electron chi connectivity index (χ1n) is 11.1. The summed E-state index contributed by atoms with van der Waals surface area (Å²) in [5.74, 6) is 1.53. The second-order valence-electron chi connectivity index (χ2n) is 8.45. The van der Waals surface area contributed by atoms with Crippen LogP contribution >= 0.6 is 24.0 Å². The zero-order valence-corrected chi connectivity index (χ0v) is 21.9. The number of nitrogens with zero attached hydrogens (tertiary/aromatic N) is 2. The van der Waals surface area contributed by atoms with E-state index in [0.717, 1.165) is 11.3 Å². The summed E-state index contributed by atoms with van der Waals surface area (Å²) in [7, 11) is -1.59. The van der Waals surface area contributed by atoms with Crippen molar-refractivity contribution in [3.63, 3.8) is 0 Å². The fourth-order valence-electron chi connectivity index (χ4n) is 4.08. The van der Waals surface area contributed by atoms with E-state index in [2.05, 4.69) is 0 Å². The number of thioether (sulfide) groups is 1. The van der Waals surface area contributed by atoms with Gasteiger partial charge in [0.15, 0.2) is 9.84 Å². The van der Waals surface area contributed by atoms with E-state index in [1.54, 1.807) is 30.2 Å². The molecular weight excluding hydrogens is 508 g/mol. The third-order valence-electron chi connectivity index (χ3n) is 5.93. The molecule has 2 aliphatic heterocycles. The van der Waals surface area contributed by atoms with Crippen molar-refractivity contribution in [3.8, 4) is 5.75 Å². The number of rotatable bonds is 8. The minimum absolute atomic E-state index is 0.0263. The van der Waals surface area contributed by atoms with Crippen molar-refractivity contribution in [3.05, 3.63) is 58.4 Å². The number of thiocarbonyl (C=S) groups is 1. The van der Waals surface area contributed by atoms with E-state index < -0.39 is 15.9 Å². The summed E-state index contributed by atoms with van der Waals surface area (Å²) in [5, 5.41) is 0. The number of benzene rings is 1. The van der Waals surface area contributed by atoms with E-state index in [-0.39, 0.29) is 42.8 Å². The SMILES string of the molecule is COc1ccc(/C=C2\SC(=S)N(CCC(=O)N(Cc3ccc(C)o3)C3CCS(=O)(=O)C3)C2=O)cc1. The molecule has 1 aromatic carbocycles. The Bertz CT molecular complexity index is 1270. The Morgan fingerprint density at radius 2 is 2.03 bits per heavy atom. The number of carbonyl (C=O) groups excluding carboxylic acids is 2. The van der Waals surface area contributed by atoms with E-state index in [9.17, 15) is 18.0 Å². The molecule has 0 radical (unpaired) electrons. The Morgan fingerprint density at radius 3 is 2.63 bits per heavy atom. The van der Waals surface area contributed by atoms with E-state index >= 15 is 0 Å². The van der Waals surface area contributed by atoms with Gasteiger partial charge in [0.25, 0.3) is 5.91 Å². The standard InChI is InChI=1S/C24H26N2O6S3/c1-16-3-6-20(32-16)14-26(18-10-12-35(29,30)15-18)22(27)9-11-25-23(28)21(34-24(25)33)13-17-4-7-19(31-2)8-5-17/h3-8,13,18H,9-12,14-15H2,1-2H3/b21-13-. The molecule has 2 saturated heterocycles. The van der Waals surface area contributed by atoms with Crippen LogP contribution in [0.25, 0.3) is 6.08 Å². The Kier molecular flexibility index (Phi) is 7.67. The molecule has 3 heterocycles. The normalized spacial score (nSPS) is 20.6. The molecule has 35 heavy (non-hydrogen) atoms. The van der Waals surface area contributed by atoms with Crippen molar-refractivity contribution in [2.45, 2.75) is 32.4 Å². The predicted octanol–water partition coefficient (Wildman–Crippen LogP) is 3.40. The lowest BCUT2D eigenvalue weighted by molar-refractivity contribution is -0.134. The van der Waals surface area contributed by atoms with Crippen LogP contribution in [0.1, 0.15) is 29.9 Å². The maximum atomic E-state index is 13.2. The van der Waals surface area contributed by atoms with Crippen molar-refractivity contribution >= 4 is 56.0 Å². The molecule has 4 rings (SSSR count). The molecule has 0 aliphatic carbocycles. The van der Waals surface area contributed by atoms with E-state index in [1.807, 2.05) is 31.2 Å². The highest BCUT2D eigenvalue weighted by Crippen LogP contribution is 2.33. The Balaban J connectivity index is 1.44. The molecule has 0 spiro atoms. The van der Waals surface area contributed by atoms with Crippen LogP contribution in [0.15, 0.2) is 45.7 Å². The minimum Gasteiger partial charge on any atom is -0.497 e. The number of carbonyl (C=O) groups is 2. The number of ether oxygens (including phenoxy) is 1. The van der Waals surface area contributed by atoms with Crippen LogP contribution < -0.4 is 4.74 Å². The van der Waals surface area contributed by atoms with Crippen LogP contribution in [0.4, 0.5) is 0 Å². The number of furan rings is 1. The molecule has 2 fully saturated rings. The van der Waals surface area contributed by atoms with Crippen LogP contribution in [0.3, 0.4) is 0 Å². The van der Waals surface area contributed by atoms with Gasteiger partial charge in [-0.05, 0) is 49.2 Å². The van der Waals surface area contributed by atoms with Crippen molar-refractivity contribution in [1.29, 1.82) is 0 Å². The predicted molar refractivity (Wildman–Crippen MR) is 139 cm³/mol. The molecule has 0 N–H and O–H groups in total. The third-order valence-corrected chi connectivity index (χ3v) is 9.06. The zero-order chi connectivity index (χ0) is 25.2. The minimum atomic E-state index is -3.18. The fourth-order valence-corrected chi connectivity index (χ4v) is 7.11. The highest BCUT2D eigenvalue weighted by atomic mass is 32.2. The summed E-state index contributed by atoms with van der Waals surface area (Å²) in [6.45, 7) is 2.11. The first kappa shape index (κ1) is 25.5. The summed E-state index contributed by atoms with van der Waals surface area (Å²) >= 11 is 6.60. The third kappa shape index (κ3) is 6.14. The molecule has 11 heteroatoms. The molecule has 1 aromatic heterocycles. The quantitative estimate of drug-likeness (QED) is 0.376. The number of hydrogen-bond acceptors (Lipinski definition) is 8. The number of methoxy groups -OCH3 is 1. The summed E-state index contributed by atoms with van der Waals surface area (Å²) < 4.78 is 35.3. The van der Waals surface area contributed by atoms with Gasteiger partial charge in [0.05, 0.1) is 30.1 Å². The largest absolute Gasteiger partial charge is 0.497 e. The summed E-state index contributed by atoms with van der Waals surface area (Å²) in [5.41, 5.74) is 0.838. The lowest BCUT2D eigenvalue weighted by Crippen LogP contribution is -2.42. The van der Waals surface area contributed by atoms with Gasteiger partial charge in [0, 0.05) is 19.0 Å². The van der Waals surface area contributed by atoms with Gasteiger partial charge in [0.2, 0.25) is 5.91 Å². The number of sulfone groups is 1. The summed E-state index contributed by atoms with van der Waals surface area (Å²) in [6, 6.07) is 10.5. The fraction of sp³-hybridized carbons (Fsp3) is 0.375. The first-order valence-corrected chi connectivity index (χ1v) is 14.1. The molecule has 0 bridgehead atoms. The molecule has 1 atom stereocenters. The van der Waals surface area contributed by atoms with E-state index in [0.29, 0.717) is 27.2 Å². The highest BCUT2D eigenvalue weighted by molar-refractivity contribution is 8.26. The van der Waals surface area contributed by atoms with Gasteiger partial charge in [0.1, 0.15) is 21.6 Å². The second kappa shape index (κ2) is 10.5. The summed E-state index contributed by atoms with van der Waals surface area (Å²) in [4.78, 5) is 29.7. The molecule has 186 valence electrons. The van der Waals surface area contributed by atoms with Crippen molar-refractivity contribution < 1.29 is 27.2 Å². The molecular formula is C24H26N2O6S3. The maximum Gasteiger partial charge on any atom is 0.266 e. The monoisotopic (exact) mass is 534 g/mol. The second-order valence-corrected chi connectivity index (χ2v) is 12.4. The van der Waals surface area contributed by atoms with Gasteiger partial charge in [-0.15, -0.1) is 0 Å². The first-order chi connectivity index (χ1) is 16.6. The highest BCUT2D eigenvalue weighted by Gasteiger charge is 2.36. The van der Waals surface area contributed by atoms with Gasteiger partial charge < -0.3 is 14.1 Å². The lowest BCUT2D eigenvalue weighted by Gasteiger charge is -2.28. The smallest absolute Gasteiger partial charge is 0.266 e. The van der Waals surface area contributed by atoms with Gasteiger partial charge in [-0.2, -0.15) is 0 Å². The van der Waals surface area contributed by atoms with Crippen molar-refractivity contribution in [1.82, 2.24) is 9.80 Å². The van der Waals surface area contributed by atoms with Crippen LogP contribution in [0.2, 0.25) is 0 Å². The maximum absolute atomic E-state index is 13.2. The van der Waals surface area contributed by atoms with E-state index in [4.69, 9.17) is 21.4 Å². The van der Waals surface area contributed by atoms with Gasteiger partial charge in [-0.1, -0.05) is 36.1 Å². The average molecular weight is 535 g/mol. The van der Waals surface area contributed by atoms with Crippen LogP contribution in [-0.4, -0.2) is 65.6 Å². The Labute approximate surface area is 214 Å². The number of aryl methyl sites for hydroxylation is 1. The van der Waals surface area contributed by atoms with Crippen LogP contribution in [0.5, 0.6) is 5.75 Å². The topological polar surface area (TPSA) is 97.1 Å². The molecule has 2 amide bonds. The van der Waals surface area contributed by atoms with Crippen LogP contribution in [-0.2, 0) is 26.0 Å². The van der Waals surface area contributed by atoms with Gasteiger partial charge >= 0.3 is 0 Å². The molecule has 1 unspecified atom stereocenters. The van der Waals surface area contributed by atoms with Crippen molar-refractivity contribution in [2.24, 2.45) is 0 Å². The number of hydrogen-bond donors (Lipinski definition) is 0. The lowest BCUT2D eigenvalue weighted by atomic mass is 10.2. The van der Waals surface area contributed by atoms with E-state index in [1.165, 1.54) is 16.7 Å². The van der Waals surface area contributed by atoms with Crippen LogP contribution in [0, 0.1) is 6.92 Å². The Hall–Kier alpha value is -2.63. The number of amides is 2. The van der Waals surface area contributed by atoms with Gasteiger partial charge in [-0.25, -0.2) is 8.42 Å². The average Bonchev–Trinajstić information content (AvgIpc) is 3.48. The zero-order valence-electron chi connectivity index (χ0n) is 19.4. The summed E-state index contributed by atoms with van der Waals surface area (Å²) in [6.07, 6.45) is 2.17. The van der Waals surface area contributed by atoms with Crippen molar-refractivity contribution in [2.75, 3.05) is 25.2 Å².